The van der Waals surface area contributed by atoms with Crippen LogP contribution in [0.5, 0.6) is 0 Å². The number of hydrogen-bond acceptors (Lipinski definition) is 4. The van der Waals surface area contributed by atoms with Crippen LogP contribution in [0.3, 0.4) is 0 Å². The van der Waals surface area contributed by atoms with Crippen molar-refractivity contribution in [3.63, 3.8) is 0 Å². The molecule has 1 aromatic carbocycles. The predicted molar refractivity (Wildman–Crippen MR) is 92.2 cm³/mol. The number of nitrogens with zero attached hydrogens (tertiary/aromatic N) is 2. The van der Waals surface area contributed by atoms with Gasteiger partial charge in [0.1, 0.15) is 0 Å². The first kappa shape index (κ1) is 19.7. The van der Waals surface area contributed by atoms with Gasteiger partial charge in [0.25, 0.3) is 0 Å². The Bertz CT molecular complexity index is 594. The third-order valence-electron chi connectivity index (χ3n) is 3.40. The van der Waals surface area contributed by atoms with Crippen LogP contribution >= 0.6 is 24.0 Å². The summed E-state index contributed by atoms with van der Waals surface area (Å²) in [5.41, 5.74) is 5.74. The first-order chi connectivity index (χ1) is 9.68. The summed E-state index contributed by atoms with van der Waals surface area (Å²) in [5.74, 6) is 0. The molecule has 22 heavy (non-hydrogen) atoms. The van der Waals surface area contributed by atoms with E-state index in [4.69, 9.17) is 17.3 Å². The Hall–Kier alpha value is -0.370. The number of sulfonamides is 1. The number of halogens is 2. The monoisotopic (exact) mass is 367 g/mol. The van der Waals surface area contributed by atoms with Gasteiger partial charge in [-0.3, -0.25) is 4.90 Å². The lowest BCUT2D eigenvalue weighted by Crippen LogP contribution is -2.53. The maximum atomic E-state index is 12.6. The summed E-state index contributed by atoms with van der Waals surface area (Å²) in [6.45, 7) is 7.05. The molecule has 0 aromatic heterocycles. The average molecular weight is 368 g/mol. The van der Waals surface area contributed by atoms with Gasteiger partial charge >= 0.3 is 0 Å². The van der Waals surface area contributed by atoms with Crippen LogP contribution < -0.4 is 5.73 Å². The molecule has 0 radical (unpaired) electrons. The molecule has 0 spiro atoms. The summed E-state index contributed by atoms with van der Waals surface area (Å²) >= 11 is 5.88. The number of rotatable bonds is 4. The van der Waals surface area contributed by atoms with Gasteiger partial charge in [0, 0.05) is 43.3 Å². The molecule has 1 aliphatic heterocycles. The van der Waals surface area contributed by atoms with E-state index in [0.29, 0.717) is 31.2 Å². The van der Waals surface area contributed by atoms with Gasteiger partial charge in [-0.15, -0.1) is 12.4 Å². The lowest BCUT2D eigenvalue weighted by Gasteiger charge is -2.37. The van der Waals surface area contributed by atoms with Gasteiger partial charge in [-0.1, -0.05) is 17.7 Å². The first-order valence-corrected chi connectivity index (χ1v) is 8.77. The number of piperazine rings is 1. The van der Waals surface area contributed by atoms with Crippen molar-refractivity contribution >= 4 is 34.0 Å². The summed E-state index contributed by atoms with van der Waals surface area (Å²) in [4.78, 5) is 2.45. The average Bonchev–Trinajstić information content (AvgIpc) is 2.37. The summed E-state index contributed by atoms with van der Waals surface area (Å²) < 4.78 is 26.6. The molecule has 126 valence electrons. The minimum atomic E-state index is -3.46. The van der Waals surface area contributed by atoms with Crippen molar-refractivity contribution in [1.29, 1.82) is 0 Å². The van der Waals surface area contributed by atoms with Gasteiger partial charge in [-0.05, 0) is 32.0 Å². The van der Waals surface area contributed by atoms with Crippen molar-refractivity contribution in [2.45, 2.75) is 24.3 Å². The normalized spacial score (nSPS) is 18.0. The molecule has 1 heterocycles. The Morgan fingerprint density at radius 3 is 2.32 bits per heavy atom. The van der Waals surface area contributed by atoms with Gasteiger partial charge in [0.05, 0.1) is 4.90 Å². The molecule has 1 fully saturated rings. The molecule has 0 saturated carbocycles. The molecule has 5 nitrogen and oxygen atoms in total. The third kappa shape index (κ3) is 5.08. The van der Waals surface area contributed by atoms with E-state index in [1.165, 1.54) is 10.4 Å². The van der Waals surface area contributed by atoms with Crippen LogP contribution in [0.1, 0.15) is 13.8 Å². The van der Waals surface area contributed by atoms with E-state index < -0.39 is 10.0 Å². The number of nitrogens with two attached hydrogens (primary N) is 1. The molecule has 0 bridgehead atoms. The van der Waals surface area contributed by atoms with E-state index in [9.17, 15) is 8.42 Å². The zero-order chi connectivity index (χ0) is 15.7. The highest BCUT2D eigenvalue weighted by Crippen LogP contribution is 2.21. The van der Waals surface area contributed by atoms with Crippen LogP contribution in [0.15, 0.2) is 29.2 Å². The summed E-state index contributed by atoms with van der Waals surface area (Å²) in [7, 11) is -3.46. The Balaban J connectivity index is 0.00000242. The summed E-state index contributed by atoms with van der Waals surface area (Å²) in [6.07, 6.45) is 0. The number of hydrogen-bond donors (Lipinski definition) is 1. The SMILES string of the molecule is CC(C)(N)CN1CCN(S(=O)(=O)c2cccc(Cl)c2)CC1.Cl. The molecule has 0 unspecified atom stereocenters. The van der Waals surface area contributed by atoms with Crippen LogP contribution in [-0.2, 0) is 10.0 Å². The Morgan fingerprint density at radius 1 is 1.23 bits per heavy atom. The Kier molecular flexibility index (Phi) is 6.68. The molecule has 1 aromatic rings. The van der Waals surface area contributed by atoms with Gasteiger partial charge < -0.3 is 5.73 Å². The number of benzene rings is 1. The second-order valence-electron chi connectivity index (χ2n) is 6.13. The van der Waals surface area contributed by atoms with Gasteiger partial charge in [0.2, 0.25) is 10.0 Å². The minimum Gasteiger partial charge on any atom is -0.324 e. The highest BCUT2D eigenvalue weighted by molar-refractivity contribution is 7.89. The van der Waals surface area contributed by atoms with Crippen LogP contribution in [0.25, 0.3) is 0 Å². The molecule has 2 rings (SSSR count). The predicted octanol–water partition coefficient (Wildman–Crippen LogP) is 1.81. The standard InChI is InChI=1S/C14H22ClN3O2S.ClH/c1-14(2,16)11-17-6-8-18(9-7-17)21(19,20)13-5-3-4-12(15)10-13;/h3-5,10H,6-9,11,16H2,1-2H3;1H. The molecule has 8 heteroatoms. The fraction of sp³-hybridized carbons (Fsp3) is 0.571. The van der Waals surface area contributed by atoms with Crippen LogP contribution in [0, 0.1) is 0 Å². The van der Waals surface area contributed by atoms with Gasteiger partial charge in [0.15, 0.2) is 0 Å². The van der Waals surface area contributed by atoms with Crippen molar-refractivity contribution in [2.75, 3.05) is 32.7 Å². The maximum Gasteiger partial charge on any atom is 0.243 e. The largest absolute Gasteiger partial charge is 0.324 e. The summed E-state index contributed by atoms with van der Waals surface area (Å²) in [5, 5.41) is 0.430. The van der Waals surface area contributed by atoms with E-state index >= 15 is 0 Å². The molecule has 0 aliphatic carbocycles. The fourth-order valence-corrected chi connectivity index (χ4v) is 4.20. The maximum absolute atomic E-state index is 12.6. The zero-order valence-corrected chi connectivity index (χ0v) is 15.2. The van der Waals surface area contributed by atoms with E-state index in [-0.39, 0.29) is 22.8 Å². The zero-order valence-electron chi connectivity index (χ0n) is 12.8. The van der Waals surface area contributed by atoms with E-state index in [1.54, 1.807) is 18.2 Å². The van der Waals surface area contributed by atoms with Crippen LogP contribution in [0.4, 0.5) is 0 Å². The van der Waals surface area contributed by atoms with Crippen molar-refractivity contribution < 1.29 is 8.42 Å². The third-order valence-corrected chi connectivity index (χ3v) is 5.53. The molecular formula is C14H23Cl2N3O2S. The molecule has 0 atom stereocenters. The fourth-order valence-electron chi connectivity index (χ4n) is 2.48. The Morgan fingerprint density at radius 2 is 1.82 bits per heavy atom. The Labute approximate surface area is 143 Å². The highest BCUT2D eigenvalue weighted by Gasteiger charge is 2.29. The van der Waals surface area contributed by atoms with Crippen molar-refractivity contribution in [3.05, 3.63) is 29.3 Å². The first-order valence-electron chi connectivity index (χ1n) is 6.95. The topological polar surface area (TPSA) is 66.6 Å². The second-order valence-corrected chi connectivity index (χ2v) is 8.50. The summed E-state index contributed by atoms with van der Waals surface area (Å²) in [6, 6.07) is 6.40. The lowest BCUT2D eigenvalue weighted by molar-refractivity contribution is 0.162. The highest BCUT2D eigenvalue weighted by atomic mass is 35.5. The lowest BCUT2D eigenvalue weighted by atomic mass is 10.1. The van der Waals surface area contributed by atoms with Crippen molar-refractivity contribution in [2.24, 2.45) is 5.73 Å². The van der Waals surface area contributed by atoms with Crippen LogP contribution in [-0.4, -0.2) is 55.9 Å². The molecule has 1 aliphatic rings. The smallest absolute Gasteiger partial charge is 0.243 e. The van der Waals surface area contributed by atoms with Crippen molar-refractivity contribution in [1.82, 2.24) is 9.21 Å². The van der Waals surface area contributed by atoms with E-state index in [0.717, 1.165) is 6.54 Å². The van der Waals surface area contributed by atoms with E-state index in [2.05, 4.69) is 4.90 Å². The van der Waals surface area contributed by atoms with Crippen molar-refractivity contribution in [3.8, 4) is 0 Å². The molecule has 1 saturated heterocycles. The quantitative estimate of drug-likeness (QED) is 0.880. The second kappa shape index (κ2) is 7.47. The van der Waals surface area contributed by atoms with Crippen LogP contribution in [0.2, 0.25) is 5.02 Å². The van der Waals surface area contributed by atoms with Gasteiger partial charge in [-0.2, -0.15) is 4.31 Å². The van der Waals surface area contributed by atoms with Gasteiger partial charge in [-0.25, -0.2) is 8.42 Å². The minimum absolute atomic E-state index is 0. The molecule has 0 amide bonds. The molecular weight excluding hydrogens is 345 g/mol. The molecule has 2 N–H and O–H groups in total. The van der Waals surface area contributed by atoms with E-state index in [1.807, 2.05) is 13.8 Å².